The third-order valence-corrected chi connectivity index (χ3v) is 4.15. The number of nitrogen functional groups attached to an aromatic ring is 1. The average Bonchev–Trinajstić information content (AvgIpc) is 2.76. The van der Waals surface area contributed by atoms with Gasteiger partial charge in [-0.3, -0.25) is 0 Å². The zero-order valence-corrected chi connectivity index (χ0v) is 15.4. The monoisotopic (exact) mass is 384 g/mol. The molecule has 0 radical (unpaired) electrons. The molecular formula is C22H18N5O2-. The van der Waals surface area contributed by atoms with Crippen LogP contribution in [0.2, 0.25) is 0 Å². The summed E-state index contributed by atoms with van der Waals surface area (Å²) in [5.74, 6) is 2.11. The van der Waals surface area contributed by atoms with Crippen molar-refractivity contribution >= 4 is 23.1 Å². The molecule has 4 aromatic rings. The number of anilines is 4. The quantitative estimate of drug-likeness (QED) is 0.393. The molecular weight excluding hydrogens is 366 g/mol. The largest absolute Gasteiger partial charge is 0.761 e. The Labute approximate surface area is 167 Å². The van der Waals surface area contributed by atoms with E-state index >= 15 is 0 Å². The summed E-state index contributed by atoms with van der Waals surface area (Å²) in [5.41, 5.74) is 10.7. The predicted molar refractivity (Wildman–Crippen MR) is 115 cm³/mol. The number of nitrogens with zero attached hydrogens (tertiary/aromatic N) is 2. The van der Waals surface area contributed by atoms with Crippen molar-refractivity contribution in [3.05, 3.63) is 90.1 Å². The molecule has 4 N–H and O–H groups in total. The van der Waals surface area contributed by atoms with E-state index in [1.807, 2.05) is 66.1 Å². The highest BCUT2D eigenvalue weighted by atomic mass is 16.5. The van der Waals surface area contributed by atoms with Crippen molar-refractivity contribution in [2.75, 3.05) is 16.5 Å². The minimum absolute atomic E-state index is 0.199. The van der Waals surface area contributed by atoms with Gasteiger partial charge >= 0.3 is 0 Å². The lowest BCUT2D eigenvalue weighted by atomic mass is 10.1. The van der Waals surface area contributed by atoms with Crippen molar-refractivity contribution in [2.24, 2.45) is 0 Å². The maximum Gasteiger partial charge on any atom is 0.222 e. The fourth-order valence-corrected chi connectivity index (χ4v) is 2.77. The second kappa shape index (κ2) is 8.28. The molecule has 0 spiro atoms. The summed E-state index contributed by atoms with van der Waals surface area (Å²) in [5, 5.41) is 13.8. The number of rotatable bonds is 6. The standard InChI is InChI=1S/C22H18N5O2/c23-22-25-20(15-4-2-1-3-5-15)14-21(26-22)24-16-6-10-18(11-7-16)29-19-12-8-17(27-28)9-13-19/h1-14,27H,(H3,23,24,25,26)/q-1. The Hall–Kier alpha value is -4.10. The molecule has 0 aliphatic rings. The van der Waals surface area contributed by atoms with Crippen molar-refractivity contribution in [2.45, 2.75) is 0 Å². The number of nitrogens with two attached hydrogens (primary N) is 1. The van der Waals surface area contributed by atoms with E-state index in [1.54, 1.807) is 24.3 Å². The summed E-state index contributed by atoms with van der Waals surface area (Å²) in [6.45, 7) is 0. The Morgan fingerprint density at radius 3 is 2.00 bits per heavy atom. The van der Waals surface area contributed by atoms with E-state index in [0.717, 1.165) is 16.9 Å². The van der Waals surface area contributed by atoms with E-state index in [4.69, 9.17) is 10.5 Å². The molecule has 0 amide bonds. The van der Waals surface area contributed by atoms with E-state index in [9.17, 15) is 5.21 Å². The molecule has 0 atom stereocenters. The van der Waals surface area contributed by atoms with Crippen molar-refractivity contribution in [1.82, 2.24) is 9.97 Å². The first-order valence-electron chi connectivity index (χ1n) is 8.93. The van der Waals surface area contributed by atoms with Gasteiger partial charge < -0.3 is 26.5 Å². The Morgan fingerprint density at radius 2 is 1.38 bits per heavy atom. The Kier molecular flexibility index (Phi) is 5.22. The molecule has 4 rings (SSSR count). The first-order valence-corrected chi connectivity index (χ1v) is 8.93. The summed E-state index contributed by atoms with van der Waals surface area (Å²) >= 11 is 0. The summed E-state index contributed by atoms with van der Waals surface area (Å²) in [4.78, 5) is 8.56. The molecule has 0 aliphatic carbocycles. The van der Waals surface area contributed by atoms with Gasteiger partial charge in [0, 0.05) is 23.0 Å². The van der Waals surface area contributed by atoms with E-state index < -0.39 is 0 Å². The topological polar surface area (TPSA) is 108 Å². The van der Waals surface area contributed by atoms with Gasteiger partial charge in [0.25, 0.3) is 0 Å². The molecule has 7 nitrogen and oxygen atoms in total. The second-order valence-corrected chi connectivity index (χ2v) is 6.24. The Morgan fingerprint density at radius 1 is 0.759 bits per heavy atom. The molecule has 0 bridgehead atoms. The molecule has 1 heterocycles. The van der Waals surface area contributed by atoms with Crippen LogP contribution in [0.15, 0.2) is 84.9 Å². The van der Waals surface area contributed by atoms with E-state index in [2.05, 4.69) is 15.3 Å². The molecule has 29 heavy (non-hydrogen) atoms. The highest BCUT2D eigenvalue weighted by molar-refractivity contribution is 5.67. The smallest absolute Gasteiger partial charge is 0.222 e. The van der Waals surface area contributed by atoms with Gasteiger partial charge in [-0.2, -0.15) is 4.98 Å². The van der Waals surface area contributed by atoms with Crippen molar-refractivity contribution in [3.8, 4) is 22.8 Å². The molecule has 144 valence electrons. The summed E-state index contributed by atoms with van der Waals surface area (Å²) in [7, 11) is 0. The van der Waals surface area contributed by atoms with Crippen LogP contribution in [-0.2, 0) is 0 Å². The maximum atomic E-state index is 10.6. The fourth-order valence-electron chi connectivity index (χ4n) is 2.77. The van der Waals surface area contributed by atoms with Crippen LogP contribution in [0.3, 0.4) is 0 Å². The van der Waals surface area contributed by atoms with Crippen LogP contribution < -0.4 is 21.3 Å². The highest BCUT2D eigenvalue weighted by Crippen LogP contribution is 2.26. The highest BCUT2D eigenvalue weighted by Gasteiger charge is 2.06. The lowest BCUT2D eigenvalue weighted by Crippen LogP contribution is -2.01. The van der Waals surface area contributed by atoms with Crippen LogP contribution in [0.5, 0.6) is 11.5 Å². The second-order valence-electron chi connectivity index (χ2n) is 6.24. The molecule has 0 unspecified atom stereocenters. The van der Waals surface area contributed by atoms with Crippen molar-refractivity contribution in [1.29, 1.82) is 0 Å². The van der Waals surface area contributed by atoms with Gasteiger partial charge in [-0.25, -0.2) is 4.98 Å². The zero-order valence-electron chi connectivity index (χ0n) is 15.4. The SMILES string of the molecule is Nc1nc(Nc2ccc(Oc3ccc(N[O-])cc3)cc2)cc(-c2ccccc2)n1. The molecule has 0 saturated heterocycles. The average molecular weight is 384 g/mol. The van der Waals surface area contributed by atoms with Gasteiger partial charge in [0.2, 0.25) is 5.95 Å². The molecule has 3 aromatic carbocycles. The number of hydrogen-bond donors (Lipinski definition) is 3. The third-order valence-electron chi connectivity index (χ3n) is 4.15. The normalized spacial score (nSPS) is 10.4. The lowest BCUT2D eigenvalue weighted by molar-refractivity contribution is 0.483. The molecule has 0 fully saturated rings. The van der Waals surface area contributed by atoms with Gasteiger partial charge in [0.1, 0.15) is 17.3 Å². The Balaban J connectivity index is 1.48. The number of benzene rings is 3. The van der Waals surface area contributed by atoms with Gasteiger partial charge in [-0.05, 0) is 48.5 Å². The first-order chi connectivity index (χ1) is 14.2. The van der Waals surface area contributed by atoms with Crippen LogP contribution in [0, 0.1) is 5.21 Å². The number of nitrogens with one attached hydrogen (secondary N) is 2. The van der Waals surface area contributed by atoms with Crippen LogP contribution in [-0.4, -0.2) is 9.97 Å². The van der Waals surface area contributed by atoms with Gasteiger partial charge in [-0.1, -0.05) is 30.3 Å². The molecule has 7 heteroatoms. The van der Waals surface area contributed by atoms with Gasteiger partial charge in [-0.15, -0.1) is 0 Å². The lowest BCUT2D eigenvalue weighted by Gasteiger charge is -2.11. The first kappa shape index (κ1) is 18.3. The summed E-state index contributed by atoms with van der Waals surface area (Å²) < 4.78 is 5.78. The number of aromatic nitrogens is 2. The number of hydrogen-bond acceptors (Lipinski definition) is 7. The predicted octanol–water partition coefficient (Wildman–Crippen LogP) is 5.17. The van der Waals surface area contributed by atoms with Crippen LogP contribution in [0.4, 0.5) is 23.1 Å². The maximum absolute atomic E-state index is 10.6. The fraction of sp³-hybridized carbons (Fsp3) is 0. The number of ether oxygens (including phenoxy) is 1. The zero-order chi connectivity index (χ0) is 20.1. The third kappa shape index (κ3) is 4.60. The summed E-state index contributed by atoms with van der Waals surface area (Å²) in [6.07, 6.45) is 0. The van der Waals surface area contributed by atoms with E-state index in [-0.39, 0.29) is 5.95 Å². The van der Waals surface area contributed by atoms with Crippen molar-refractivity contribution < 1.29 is 4.74 Å². The summed E-state index contributed by atoms with van der Waals surface area (Å²) in [6, 6.07) is 25.8. The van der Waals surface area contributed by atoms with Crippen molar-refractivity contribution in [3.63, 3.8) is 0 Å². The van der Waals surface area contributed by atoms with Crippen LogP contribution >= 0.6 is 0 Å². The van der Waals surface area contributed by atoms with Gasteiger partial charge in [0.15, 0.2) is 0 Å². The molecule has 0 saturated carbocycles. The van der Waals surface area contributed by atoms with E-state index in [1.165, 1.54) is 0 Å². The van der Waals surface area contributed by atoms with Gasteiger partial charge in [0.05, 0.1) is 5.69 Å². The molecule has 0 aliphatic heterocycles. The van der Waals surface area contributed by atoms with E-state index in [0.29, 0.717) is 23.0 Å². The minimum atomic E-state index is 0.199. The Bertz CT molecular complexity index is 1080. The minimum Gasteiger partial charge on any atom is -0.761 e. The van der Waals surface area contributed by atoms with Crippen LogP contribution in [0.25, 0.3) is 11.3 Å². The molecule has 1 aromatic heterocycles. The van der Waals surface area contributed by atoms with Crippen LogP contribution in [0.1, 0.15) is 0 Å².